The summed E-state index contributed by atoms with van der Waals surface area (Å²) in [6.45, 7) is 3.59. The molecule has 6 nitrogen and oxygen atoms in total. The maximum atomic E-state index is 13.0. The van der Waals surface area contributed by atoms with Gasteiger partial charge in [0.1, 0.15) is 12.4 Å². The smallest absolute Gasteiger partial charge is 0.323 e. The molecule has 0 spiro atoms. The topological polar surface area (TPSA) is 75.4 Å². The lowest BCUT2D eigenvalue weighted by Crippen LogP contribution is -2.36. The van der Waals surface area contributed by atoms with Crippen LogP contribution in [-0.4, -0.2) is 44.8 Å². The Bertz CT molecular complexity index is 710. The predicted molar refractivity (Wildman–Crippen MR) is 82.1 cm³/mol. The van der Waals surface area contributed by atoms with Gasteiger partial charge >= 0.3 is 5.97 Å². The summed E-state index contributed by atoms with van der Waals surface area (Å²) in [6, 6.07) is 5.74. The molecule has 0 aliphatic rings. The highest BCUT2D eigenvalue weighted by Crippen LogP contribution is 2.16. The van der Waals surface area contributed by atoms with Gasteiger partial charge in [0, 0.05) is 6.54 Å². The number of carboxylic acids is 1. The van der Waals surface area contributed by atoms with Gasteiger partial charge in [0.05, 0.1) is 23.1 Å². The summed E-state index contributed by atoms with van der Waals surface area (Å²) in [7, 11) is 0. The number of nitrogens with zero attached hydrogens (tertiary/aromatic N) is 3. The molecule has 0 aliphatic heterocycles. The Kier molecular flexibility index (Phi) is 5.10. The molecule has 0 saturated heterocycles. The highest BCUT2D eigenvalue weighted by molar-refractivity contribution is 5.96. The van der Waals surface area contributed by atoms with E-state index in [1.165, 1.54) is 27.9 Å². The summed E-state index contributed by atoms with van der Waals surface area (Å²) in [4.78, 5) is 24.7. The van der Waals surface area contributed by atoms with E-state index in [0.29, 0.717) is 29.9 Å². The minimum atomic E-state index is -1.06. The third-order valence-corrected chi connectivity index (χ3v) is 3.42. The minimum Gasteiger partial charge on any atom is -0.480 e. The molecule has 0 radical (unpaired) electrons. The van der Waals surface area contributed by atoms with E-state index < -0.39 is 5.97 Å². The van der Waals surface area contributed by atoms with Crippen molar-refractivity contribution in [2.45, 2.75) is 20.3 Å². The van der Waals surface area contributed by atoms with Gasteiger partial charge in [-0.25, -0.2) is 9.07 Å². The normalized spacial score (nSPS) is 10.6. The summed E-state index contributed by atoms with van der Waals surface area (Å²) in [5.41, 5.74) is 1.54. The van der Waals surface area contributed by atoms with Crippen LogP contribution >= 0.6 is 0 Å². The highest BCUT2D eigenvalue weighted by Gasteiger charge is 2.22. The van der Waals surface area contributed by atoms with Crippen LogP contribution in [0, 0.1) is 12.7 Å². The van der Waals surface area contributed by atoms with Gasteiger partial charge < -0.3 is 10.0 Å². The van der Waals surface area contributed by atoms with E-state index in [1.807, 2.05) is 6.92 Å². The van der Waals surface area contributed by atoms with Crippen LogP contribution in [0.25, 0.3) is 5.69 Å². The molecule has 1 heterocycles. The second kappa shape index (κ2) is 7.04. The van der Waals surface area contributed by atoms with Crippen molar-refractivity contribution in [2.75, 3.05) is 13.1 Å². The Morgan fingerprint density at radius 1 is 1.30 bits per heavy atom. The third-order valence-electron chi connectivity index (χ3n) is 3.42. The molecule has 23 heavy (non-hydrogen) atoms. The van der Waals surface area contributed by atoms with E-state index in [1.54, 1.807) is 19.1 Å². The van der Waals surface area contributed by atoms with Crippen molar-refractivity contribution >= 4 is 11.9 Å². The van der Waals surface area contributed by atoms with Crippen molar-refractivity contribution in [1.82, 2.24) is 14.7 Å². The van der Waals surface area contributed by atoms with Gasteiger partial charge in [-0.15, -0.1) is 0 Å². The lowest BCUT2D eigenvalue weighted by Gasteiger charge is -2.19. The number of halogens is 1. The van der Waals surface area contributed by atoms with Crippen molar-refractivity contribution in [3.63, 3.8) is 0 Å². The maximum absolute atomic E-state index is 13.0. The van der Waals surface area contributed by atoms with Crippen molar-refractivity contribution in [1.29, 1.82) is 0 Å². The van der Waals surface area contributed by atoms with Crippen LogP contribution in [0.4, 0.5) is 4.39 Å². The third kappa shape index (κ3) is 3.74. The molecule has 1 N–H and O–H groups in total. The van der Waals surface area contributed by atoms with Crippen LogP contribution in [0.1, 0.15) is 29.4 Å². The molecule has 7 heteroatoms. The summed E-state index contributed by atoms with van der Waals surface area (Å²) < 4.78 is 14.5. The first kappa shape index (κ1) is 16.7. The van der Waals surface area contributed by atoms with E-state index in [-0.39, 0.29) is 18.3 Å². The number of carbonyl (C=O) groups excluding carboxylic acids is 1. The lowest BCUT2D eigenvalue weighted by molar-refractivity contribution is -0.137. The quantitative estimate of drug-likeness (QED) is 0.886. The number of carboxylic acid groups (broad SMARTS) is 1. The fourth-order valence-corrected chi connectivity index (χ4v) is 2.32. The monoisotopic (exact) mass is 319 g/mol. The van der Waals surface area contributed by atoms with Crippen LogP contribution in [0.5, 0.6) is 0 Å². The Labute approximate surface area is 133 Å². The number of benzene rings is 1. The van der Waals surface area contributed by atoms with Crippen molar-refractivity contribution in [3.8, 4) is 5.69 Å². The van der Waals surface area contributed by atoms with Crippen LogP contribution < -0.4 is 0 Å². The molecule has 2 aromatic rings. The van der Waals surface area contributed by atoms with E-state index in [9.17, 15) is 14.0 Å². The van der Waals surface area contributed by atoms with Gasteiger partial charge in [0.25, 0.3) is 5.91 Å². The largest absolute Gasteiger partial charge is 0.480 e. The van der Waals surface area contributed by atoms with Crippen LogP contribution in [0.3, 0.4) is 0 Å². The fourth-order valence-electron chi connectivity index (χ4n) is 2.32. The number of carbonyl (C=O) groups is 2. The number of amides is 1. The van der Waals surface area contributed by atoms with Gasteiger partial charge in [0.15, 0.2) is 0 Å². The molecule has 0 fully saturated rings. The van der Waals surface area contributed by atoms with E-state index in [2.05, 4.69) is 5.10 Å². The summed E-state index contributed by atoms with van der Waals surface area (Å²) in [6.07, 6.45) is 2.07. The summed E-state index contributed by atoms with van der Waals surface area (Å²) >= 11 is 0. The lowest BCUT2D eigenvalue weighted by atomic mass is 10.2. The molecule has 1 aromatic carbocycles. The van der Waals surface area contributed by atoms with E-state index in [0.717, 1.165) is 0 Å². The van der Waals surface area contributed by atoms with Gasteiger partial charge in [-0.2, -0.15) is 5.10 Å². The van der Waals surface area contributed by atoms with Crippen molar-refractivity contribution in [2.24, 2.45) is 0 Å². The molecule has 2 rings (SSSR count). The van der Waals surface area contributed by atoms with Gasteiger partial charge in [-0.3, -0.25) is 9.59 Å². The first-order valence-corrected chi connectivity index (χ1v) is 7.25. The van der Waals surface area contributed by atoms with Gasteiger partial charge in [-0.05, 0) is 37.6 Å². The highest BCUT2D eigenvalue weighted by atomic mass is 19.1. The fraction of sp³-hybridized carbons (Fsp3) is 0.312. The molecule has 1 amide bonds. The molecule has 0 aliphatic carbocycles. The second-order valence-electron chi connectivity index (χ2n) is 5.15. The molecule has 122 valence electrons. The standard InChI is InChI=1S/C16H18FN3O3/c1-3-8-19(10-15(21)22)16(23)14-9-18-20(11(14)2)13-6-4-12(17)5-7-13/h4-7,9H,3,8,10H2,1-2H3,(H,21,22). The minimum absolute atomic E-state index is 0.337. The van der Waals surface area contributed by atoms with E-state index in [4.69, 9.17) is 5.11 Å². The van der Waals surface area contributed by atoms with Gasteiger partial charge in [0.2, 0.25) is 0 Å². The molecule has 0 bridgehead atoms. The average Bonchev–Trinajstić information content (AvgIpc) is 2.88. The Hall–Kier alpha value is -2.70. The summed E-state index contributed by atoms with van der Waals surface area (Å²) in [5.74, 6) is -1.79. The number of aromatic nitrogens is 2. The second-order valence-corrected chi connectivity index (χ2v) is 5.15. The molecular formula is C16H18FN3O3. The molecule has 0 saturated carbocycles. The zero-order chi connectivity index (χ0) is 17.0. The number of aliphatic carboxylic acids is 1. The van der Waals surface area contributed by atoms with Crippen molar-refractivity contribution in [3.05, 3.63) is 47.5 Å². The SMILES string of the molecule is CCCN(CC(=O)O)C(=O)c1cnn(-c2ccc(F)cc2)c1C. The molecule has 0 unspecified atom stereocenters. The predicted octanol–water partition coefficient (Wildman–Crippen LogP) is 2.26. The maximum Gasteiger partial charge on any atom is 0.323 e. The molecule has 1 aromatic heterocycles. The Morgan fingerprint density at radius 2 is 1.96 bits per heavy atom. The van der Waals surface area contributed by atoms with Crippen LogP contribution in [0.2, 0.25) is 0 Å². The van der Waals surface area contributed by atoms with E-state index >= 15 is 0 Å². The number of hydrogen-bond acceptors (Lipinski definition) is 3. The number of hydrogen-bond donors (Lipinski definition) is 1. The zero-order valence-electron chi connectivity index (χ0n) is 13.0. The average molecular weight is 319 g/mol. The van der Waals surface area contributed by atoms with Crippen LogP contribution in [-0.2, 0) is 4.79 Å². The Balaban J connectivity index is 2.31. The van der Waals surface area contributed by atoms with Crippen LogP contribution in [0.15, 0.2) is 30.5 Å². The summed E-state index contributed by atoms with van der Waals surface area (Å²) in [5, 5.41) is 13.1. The first-order valence-electron chi connectivity index (χ1n) is 7.25. The zero-order valence-corrected chi connectivity index (χ0v) is 13.0. The molecule has 0 atom stereocenters. The first-order chi connectivity index (χ1) is 10.9. The van der Waals surface area contributed by atoms with Crippen molar-refractivity contribution < 1.29 is 19.1 Å². The Morgan fingerprint density at radius 3 is 2.52 bits per heavy atom. The number of rotatable bonds is 6. The van der Waals surface area contributed by atoms with Gasteiger partial charge in [-0.1, -0.05) is 6.92 Å². The molecular weight excluding hydrogens is 301 g/mol.